The summed E-state index contributed by atoms with van der Waals surface area (Å²) in [6, 6.07) is 7.59. The average molecular weight is 201 g/mol. The normalized spacial score (nSPS) is 10.5. The second kappa shape index (κ2) is 3.69. The summed E-state index contributed by atoms with van der Waals surface area (Å²) in [7, 11) is 0. The van der Waals surface area contributed by atoms with E-state index in [2.05, 4.69) is 4.98 Å². The zero-order chi connectivity index (χ0) is 10.8. The molecule has 1 aromatic carbocycles. The Morgan fingerprint density at radius 2 is 2.20 bits per heavy atom. The molecule has 2 aromatic rings. The SMILES string of the molecule is Cc1nccc2ccc(CC(=O)O)cc12. The van der Waals surface area contributed by atoms with Gasteiger partial charge in [-0.25, -0.2) is 0 Å². The van der Waals surface area contributed by atoms with Gasteiger partial charge in [-0.1, -0.05) is 12.1 Å². The lowest BCUT2D eigenvalue weighted by Crippen LogP contribution is -1.99. The number of nitrogens with zero attached hydrogens (tertiary/aromatic N) is 1. The third-order valence-electron chi connectivity index (χ3n) is 2.39. The quantitative estimate of drug-likeness (QED) is 0.810. The van der Waals surface area contributed by atoms with Crippen LogP contribution in [0.5, 0.6) is 0 Å². The van der Waals surface area contributed by atoms with E-state index in [9.17, 15) is 4.79 Å². The lowest BCUT2D eigenvalue weighted by atomic mass is 10.0. The first kappa shape index (κ1) is 9.65. The van der Waals surface area contributed by atoms with Crippen molar-refractivity contribution in [3.05, 3.63) is 41.7 Å². The maximum absolute atomic E-state index is 10.6. The number of carboxylic acid groups (broad SMARTS) is 1. The molecule has 3 nitrogen and oxygen atoms in total. The largest absolute Gasteiger partial charge is 0.481 e. The van der Waals surface area contributed by atoms with Crippen LogP contribution in [0.1, 0.15) is 11.3 Å². The number of benzene rings is 1. The van der Waals surface area contributed by atoms with Gasteiger partial charge in [-0.15, -0.1) is 0 Å². The Labute approximate surface area is 87.4 Å². The number of aromatic nitrogens is 1. The van der Waals surface area contributed by atoms with Crippen LogP contribution in [0.3, 0.4) is 0 Å². The molecule has 15 heavy (non-hydrogen) atoms. The Kier molecular flexibility index (Phi) is 2.37. The maximum Gasteiger partial charge on any atom is 0.307 e. The summed E-state index contributed by atoms with van der Waals surface area (Å²) in [6.07, 6.45) is 1.82. The topological polar surface area (TPSA) is 50.2 Å². The molecule has 0 bridgehead atoms. The number of carboxylic acids is 1. The van der Waals surface area contributed by atoms with Crippen LogP contribution in [0.2, 0.25) is 0 Å². The van der Waals surface area contributed by atoms with Gasteiger partial charge in [0.1, 0.15) is 0 Å². The zero-order valence-electron chi connectivity index (χ0n) is 8.40. The number of rotatable bonds is 2. The Balaban J connectivity index is 2.54. The van der Waals surface area contributed by atoms with Gasteiger partial charge >= 0.3 is 5.97 Å². The second-order valence-electron chi connectivity index (χ2n) is 3.52. The minimum atomic E-state index is -0.809. The fourth-order valence-corrected chi connectivity index (χ4v) is 1.65. The molecule has 0 aliphatic carbocycles. The number of hydrogen-bond donors (Lipinski definition) is 1. The lowest BCUT2D eigenvalue weighted by Gasteiger charge is -2.03. The fraction of sp³-hybridized carbons (Fsp3) is 0.167. The van der Waals surface area contributed by atoms with Gasteiger partial charge in [-0.3, -0.25) is 9.78 Å². The first-order valence-corrected chi connectivity index (χ1v) is 4.73. The standard InChI is InChI=1S/C12H11NO2/c1-8-11-6-9(7-12(14)15)2-3-10(11)4-5-13-8/h2-6H,7H2,1H3,(H,14,15). The highest BCUT2D eigenvalue weighted by Crippen LogP contribution is 2.18. The highest BCUT2D eigenvalue weighted by Gasteiger charge is 2.03. The number of aliphatic carboxylic acids is 1. The first-order valence-electron chi connectivity index (χ1n) is 4.73. The van der Waals surface area contributed by atoms with E-state index in [1.807, 2.05) is 31.2 Å². The molecule has 0 aliphatic heterocycles. The summed E-state index contributed by atoms with van der Waals surface area (Å²) in [5.41, 5.74) is 1.74. The molecule has 0 saturated heterocycles. The summed E-state index contributed by atoms with van der Waals surface area (Å²) in [5, 5.41) is 10.8. The maximum atomic E-state index is 10.6. The van der Waals surface area contributed by atoms with Gasteiger partial charge in [0.2, 0.25) is 0 Å². The van der Waals surface area contributed by atoms with Crippen LogP contribution in [0.25, 0.3) is 10.8 Å². The van der Waals surface area contributed by atoms with E-state index in [0.29, 0.717) is 0 Å². The zero-order valence-corrected chi connectivity index (χ0v) is 8.40. The van der Waals surface area contributed by atoms with E-state index >= 15 is 0 Å². The Morgan fingerprint density at radius 3 is 2.93 bits per heavy atom. The minimum Gasteiger partial charge on any atom is -0.481 e. The molecular weight excluding hydrogens is 190 g/mol. The molecule has 0 fully saturated rings. The molecule has 76 valence electrons. The van der Waals surface area contributed by atoms with Crippen molar-refractivity contribution in [2.75, 3.05) is 0 Å². The lowest BCUT2D eigenvalue weighted by molar-refractivity contribution is -0.136. The van der Waals surface area contributed by atoms with Crippen molar-refractivity contribution in [3.8, 4) is 0 Å². The highest BCUT2D eigenvalue weighted by molar-refractivity contribution is 5.85. The predicted octanol–water partition coefficient (Wildman–Crippen LogP) is 2.17. The molecule has 2 rings (SSSR count). The number of aryl methyl sites for hydroxylation is 1. The van der Waals surface area contributed by atoms with Crippen molar-refractivity contribution in [2.45, 2.75) is 13.3 Å². The molecule has 0 saturated carbocycles. The molecule has 0 spiro atoms. The van der Waals surface area contributed by atoms with Gasteiger partial charge < -0.3 is 5.11 Å². The molecule has 0 unspecified atom stereocenters. The van der Waals surface area contributed by atoms with Gasteiger partial charge in [0.05, 0.1) is 6.42 Å². The number of carbonyl (C=O) groups is 1. The van der Waals surface area contributed by atoms with Gasteiger partial charge in [0, 0.05) is 17.3 Å². The van der Waals surface area contributed by atoms with Crippen LogP contribution in [0, 0.1) is 6.92 Å². The van der Waals surface area contributed by atoms with Crippen LogP contribution in [-0.2, 0) is 11.2 Å². The van der Waals surface area contributed by atoms with Gasteiger partial charge in [-0.2, -0.15) is 0 Å². The van der Waals surface area contributed by atoms with E-state index < -0.39 is 5.97 Å². The molecule has 3 heteroatoms. The van der Waals surface area contributed by atoms with E-state index in [-0.39, 0.29) is 6.42 Å². The van der Waals surface area contributed by atoms with Crippen LogP contribution in [-0.4, -0.2) is 16.1 Å². The third-order valence-corrected chi connectivity index (χ3v) is 2.39. The molecule has 0 radical (unpaired) electrons. The number of hydrogen-bond acceptors (Lipinski definition) is 2. The molecular formula is C12H11NO2. The first-order chi connectivity index (χ1) is 7.16. The van der Waals surface area contributed by atoms with E-state index in [4.69, 9.17) is 5.11 Å². The molecule has 1 N–H and O–H groups in total. The van der Waals surface area contributed by atoms with Crippen molar-refractivity contribution in [1.29, 1.82) is 0 Å². The van der Waals surface area contributed by atoms with Crippen LogP contribution < -0.4 is 0 Å². The van der Waals surface area contributed by atoms with Gasteiger partial charge in [0.15, 0.2) is 0 Å². The van der Waals surface area contributed by atoms with E-state index in [1.54, 1.807) is 6.20 Å². The molecule has 0 amide bonds. The predicted molar refractivity (Wildman–Crippen MR) is 57.8 cm³/mol. The van der Waals surface area contributed by atoms with Crippen molar-refractivity contribution in [3.63, 3.8) is 0 Å². The van der Waals surface area contributed by atoms with E-state index in [0.717, 1.165) is 22.0 Å². The highest BCUT2D eigenvalue weighted by atomic mass is 16.4. The fourth-order valence-electron chi connectivity index (χ4n) is 1.65. The Morgan fingerprint density at radius 1 is 1.40 bits per heavy atom. The Bertz CT molecular complexity index is 520. The molecule has 0 atom stereocenters. The molecule has 0 aliphatic rings. The molecule has 1 aromatic heterocycles. The summed E-state index contributed by atoms with van der Waals surface area (Å²) in [5.74, 6) is -0.809. The van der Waals surface area contributed by atoms with Crippen LogP contribution >= 0.6 is 0 Å². The monoisotopic (exact) mass is 201 g/mol. The average Bonchev–Trinajstić information content (AvgIpc) is 2.18. The third kappa shape index (κ3) is 1.96. The summed E-state index contributed by atoms with van der Waals surface area (Å²) in [6.45, 7) is 1.92. The summed E-state index contributed by atoms with van der Waals surface area (Å²) < 4.78 is 0. The van der Waals surface area contributed by atoms with Gasteiger partial charge in [0.25, 0.3) is 0 Å². The summed E-state index contributed by atoms with van der Waals surface area (Å²) >= 11 is 0. The van der Waals surface area contributed by atoms with Crippen molar-refractivity contribution in [1.82, 2.24) is 4.98 Å². The van der Waals surface area contributed by atoms with Crippen molar-refractivity contribution in [2.24, 2.45) is 0 Å². The van der Waals surface area contributed by atoms with Crippen LogP contribution in [0.15, 0.2) is 30.5 Å². The van der Waals surface area contributed by atoms with Crippen molar-refractivity contribution >= 4 is 16.7 Å². The summed E-state index contributed by atoms with van der Waals surface area (Å²) in [4.78, 5) is 14.8. The Hall–Kier alpha value is -1.90. The van der Waals surface area contributed by atoms with Crippen molar-refractivity contribution < 1.29 is 9.90 Å². The smallest absolute Gasteiger partial charge is 0.307 e. The minimum absolute atomic E-state index is 0.0598. The van der Waals surface area contributed by atoms with Gasteiger partial charge in [-0.05, 0) is 30.0 Å². The number of fused-ring (bicyclic) bond motifs is 1. The van der Waals surface area contributed by atoms with E-state index in [1.165, 1.54) is 0 Å². The van der Waals surface area contributed by atoms with Crippen LogP contribution in [0.4, 0.5) is 0 Å². The molecule has 1 heterocycles. The number of pyridine rings is 1. The second-order valence-corrected chi connectivity index (χ2v) is 3.52.